The number of nitrogens with zero attached hydrogens (tertiary/aromatic N) is 1. The monoisotopic (exact) mass is 187 g/mol. The fraction of sp³-hybridized carbons (Fsp3) is 0.444. The lowest BCUT2D eigenvalue weighted by molar-refractivity contribution is -0.0529. The van der Waals surface area contributed by atoms with Gasteiger partial charge in [0, 0.05) is 11.8 Å². The molecule has 1 aromatic heterocycles. The Balaban J connectivity index is 2.67. The molecule has 72 valence electrons. The largest absolute Gasteiger partial charge is 0.417 e. The van der Waals surface area contributed by atoms with E-state index in [0.29, 0.717) is 0 Å². The zero-order chi connectivity index (χ0) is 9.68. The molecule has 0 saturated carbocycles. The molecule has 0 radical (unpaired) electrons. The Bertz CT molecular complexity index is 266. The highest BCUT2D eigenvalue weighted by atomic mass is 19.3. The lowest BCUT2D eigenvalue weighted by atomic mass is 10.2. The molecule has 1 rings (SSSR count). The van der Waals surface area contributed by atoms with E-state index < -0.39 is 6.61 Å². The van der Waals surface area contributed by atoms with Crippen LogP contribution in [0.1, 0.15) is 19.0 Å². The predicted molar refractivity (Wildman–Crippen MR) is 44.9 cm³/mol. The number of ether oxygens (including phenoxy) is 1. The Kier molecular flexibility index (Phi) is 3.61. The van der Waals surface area contributed by atoms with Crippen molar-refractivity contribution in [3.63, 3.8) is 0 Å². The number of pyridine rings is 1. The first kappa shape index (κ1) is 9.89. The summed E-state index contributed by atoms with van der Waals surface area (Å²) in [4.78, 5) is 3.90. The van der Waals surface area contributed by atoms with Crippen LogP contribution in [0.5, 0.6) is 5.88 Å². The highest BCUT2D eigenvalue weighted by Gasteiger charge is 2.05. The first-order valence-corrected chi connectivity index (χ1v) is 4.13. The second kappa shape index (κ2) is 4.74. The van der Waals surface area contributed by atoms with E-state index in [1.165, 1.54) is 6.07 Å². The third-order valence-electron chi connectivity index (χ3n) is 1.50. The molecule has 0 unspecified atom stereocenters. The van der Waals surface area contributed by atoms with Crippen LogP contribution in [0, 0.1) is 0 Å². The molecule has 0 spiro atoms. The highest BCUT2D eigenvalue weighted by Crippen LogP contribution is 2.11. The molecule has 0 N–H and O–H groups in total. The molecule has 0 fully saturated rings. The predicted octanol–water partition coefficient (Wildman–Crippen LogP) is 2.64. The van der Waals surface area contributed by atoms with Crippen LogP contribution >= 0.6 is 0 Å². The van der Waals surface area contributed by atoms with Crippen molar-refractivity contribution in [1.82, 2.24) is 4.98 Å². The minimum atomic E-state index is -2.80. The van der Waals surface area contributed by atoms with Crippen molar-refractivity contribution < 1.29 is 13.5 Å². The molecule has 13 heavy (non-hydrogen) atoms. The number of hydrogen-bond acceptors (Lipinski definition) is 2. The lowest BCUT2D eigenvalue weighted by Gasteiger charge is -2.04. The number of rotatable bonds is 4. The molecule has 4 heteroatoms. The summed E-state index contributed by atoms with van der Waals surface area (Å²) in [7, 11) is 0. The van der Waals surface area contributed by atoms with E-state index in [1.54, 1.807) is 12.1 Å². The van der Waals surface area contributed by atoms with Crippen molar-refractivity contribution in [2.24, 2.45) is 0 Å². The minimum absolute atomic E-state index is 0.0130. The molecule has 0 aliphatic heterocycles. The van der Waals surface area contributed by atoms with E-state index >= 15 is 0 Å². The molecule has 0 amide bonds. The van der Waals surface area contributed by atoms with Gasteiger partial charge in [-0.15, -0.1) is 0 Å². The maximum atomic E-state index is 11.8. The van der Waals surface area contributed by atoms with Crippen molar-refractivity contribution in [2.75, 3.05) is 0 Å². The molecule has 2 nitrogen and oxygen atoms in total. The van der Waals surface area contributed by atoms with Crippen molar-refractivity contribution in [3.8, 4) is 5.88 Å². The number of alkyl halides is 2. The van der Waals surface area contributed by atoms with Crippen molar-refractivity contribution in [3.05, 3.63) is 23.9 Å². The molecule has 0 atom stereocenters. The van der Waals surface area contributed by atoms with Crippen LogP contribution in [0.3, 0.4) is 0 Å². The van der Waals surface area contributed by atoms with Crippen LogP contribution in [0.15, 0.2) is 18.2 Å². The first-order chi connectivity index (χ1) is 6.22. The van der Waals surface area contributed by atoms with Gasteiger partial charge >= 0.3 is 6.61 Å². The maximum absolute atomic E-state index is 11.8. The van der Waals surface area contributed by atoms with E-state index in [0.717, 1.165) is 18.5 Å². The molecule has 1 heterocycles. The van der Waals surface area contributed by atoms with Crippen LogP contribution in [-0.2, 0) is 6.42 Å². The Morgan fingerprint density at radius 2 is 2.23 bits per heavy atom. The summed E-state index contributed by atoms with van der Waals surface area (Å²) in [5.74, 6) is -0.0130. The molecular formula is C9H11F2NO. The van der Waals surface area contributed by atoms with Crippen molar-refractivity contribution in [1.29, 1.82) is 0 Å². The Hall–Kier alpha value is -1.19. The van der Waals surface area contributed by atoms with E-state index in [9.17, 15) is 8.78 Å². The van der Waals surface area contributed by atoms with Gasteiger partial charge in [-0.1, -0.05) is 19.4 Å². The third-order valence-corrected chi connectivity index (χ3v) is 1.50. The van der Waals surface area contributed by atoms with Crippen LogP contribution in [0.4, 0.5) is 8.78 Å². The average Bonchev–Trinajstić information content (AvgIpc) is 2.04. The van der Waals surface area contributed by atoms with Crippen molar-refractivity contribution >= 4 is 0 Å². The fourth-order valence-corrected chi connectivity index (χ4v) is 1.01. The number of hydrogen-bond donors (Lipinski definition) is 0. The molecule has 0 aromatic carbocycles. The lowest BCUT2D eigenvalue weighted by Crippen LogP contribution is -2.04. The zero-order valence-electron chi connectivity index (χ0n) is 7.34. The van der Waals surface area contributed by atoms with Gasteiger partial charge in [0.1, 0.15) is 0 Å². The summed E-state index contributed by atoms with van der Waals surface area (Å²) in [6.07, 6.45) is 1.71. The van der Waals surface area contributed by atoms with Crippen molar-refractivity contribution in [2.45, 2.75) is 26.4 Å². The molecule has 0 bridgehead atoms. The third kappa shape index (κ3) is 3.36. The van der Waals surface area contributed by atoms with Gasteiger partial charge in [-0.25, -0.2) is 4.98 Å². The van der Waals surface area contributed by atoms with E-state index in [4.69, 9.17) is 0 Å². The van der Waals surface area contributed by atoms with Gasteiger partial charge in [-0.3, -0.25) is 0 Å². The van der Waals surface area contributed by atoms with E-state index in [2.05, 4.69) is 9.72 Å². The topological polar surface area (TPSA) is 22.1 Å². The second-order valence-corrected chi connectivity index (χ2v) is 2.60. The van der Waals surface area contributed by atoms with Crippen LogP contribution in [0.25, 0.3) is 0 Å². The summed E-state index contributed by atoms with van der Waals surface area (Å²) >= 11 is 0. The zero-order valence-corrected chi connectivity index (χ0v) is 7.34. The molecular weight excluding hydrogens is 176 g/mol. The first-order valence-electron chi connectivity index (χ1n) is 4.13. The van der Waals surface area contributed by atoms with Gasteiger partial charge in [0.05, 0.1) is 0 Å². The summed E-state index contributed by atoms with van der Waals surface area (Å²) < 4.78 is 27.7. The van der Waals surface area contributed by atoms with Crippen LogP contribution in [0.2, 0.25) is 0 Å². The number of halogens is 2. The molecule has 0 aliphatic rings. The van der Waals surface area contributed by atoms with Gasteiger partial charge in [0.2, 0.25) is 5.88 Å². The average molecular weight is 187 g/mol. The smallest absolute Gasteiger partial charge is 0.388 e. The molecule has 0 saturated heterocycles. The maximum Gasteiger partial charge on any atom is 0.388 e. The Labute approximate surface area is 75.6 Å². The number of aromatic nitrogens is 1. The van der Waals surface area contributed by atoms with Gasteiger partial charge in [-0.05, 0) is 12.5 Å². The summed E-state index contributed by atoms with van der Waals surface area (Å²) in [6.45, 7) is -0.799. The van der Waals surface area contributed by atoms with Gasteiger partial charge in [0.15, 0.2) is 0 Å². The quantitative estimate of drug-likeness (QED) is 0.722. The minimum Gasteiger partial charge on any atom is -0.417 e. The van der Waals surface area contributed by atoms with Crippen LogP contribution < -0.4 is 4.74 Å². The standard InChI is InChI=1S/C9H11F2NO/c1-2-4-7-5-3-6-8(12-7)13-9(10)11/h3,5-6,9H,2,4H2,1H3. The summed E-state index contributed by atoms with van der Waals surface area (Å²) in [5, 5.41) is 0. The van der Waals surface area contributed by atoms with E-state index in [1.807, 2.05) is 6.92 Å². The Morgan fingerprint density at radius 1 is 1.46 bits per heavy atom. The van der Waals surface area contributed by atoms with Crippen LogP contribution in [-0.4, -0.2) is 11.6 Å². The fourth-order valence-electron chi connectivity index (χ4n) is 1.01. The van der Waals surface area contributed by atoms with Gasteiger partial charge in [-0.2, -0.15) is 8.78 Å². The Morgan fingerprint density at radius 3 is 2.85 bits per heavy atom. The highest BCUT2D eigenvalue weighted by molar-refractivity contribution is 5.15. The summed E-state index contributed by atoms with van der Waals surface area (Å²) in [6, 6.07) is 4.88. The van der Waals surface area contributed by atoms with E-state index in [-0.39, 0.29) is 5.88 Å². The van der Waals surface area contributed by atoms with Gasteiger partial charge < -0.3 is 4.74 Å². The summed E-state index contributed by atoms with van der Waals surface area (Å²) in [5.41, 5.74) is 0.778. The van der Waals surface area contributed by atoms with Gasteiger partial charge in [0.25, 0.3) is 0 Å². The normalized spacial score (nSPS) is 10.5. The second-order valence-electron chi connectivity index (χ2n) is 2.60. The SMILES string of the molecule is CCCc1cccc(OC(F)F)n1. The molecule has 0 aliphatic carbocycles. The molecule has 1 aromatic rings. The number of aryl methyl sites for hydroxylation is 1.